The summed E-state index contributed by atoms with van der Waals surface area (Å²) < 4.78 is 25.6. The zero-order chi connectivity index (χ0) is 10.5. The smallest absolute Gasteiger partial charge is 0.290 e. The molecule has 0 amide bonds. The summed E-state index contributed by atoms with van der Waals surface area (Å²) in [7, 11) is -0.653. The lowest BCUT2D eigenvalue weighted by molar-refractivity contribution is 0.137. The molecule has 0 aliphatic carbocycles. The van der Waals surface area contributed by atoms with Crippen molar-refractivity contribution in [2.45, 2.75) is 27.2 Å². The van der Waals surface area contributed by atoms with Crippen LogP contribution in [-0.2, 0) is 18.1 Å². The van der Waals surface area contributed by atoms with Gasteiger partial charge < -0.3 is 0 Å². The first-order valence-corrected chi connectivity index (χ1v) is 5.65. The van der Waals surface area contributed by atoms with Gasteiger partial charge in [-0.05, 0) is 11.8 Å². The van der Waals surface area contributed by atoms with E-state index in [0.717, 1.165) is 6.42 Å². The molecule has 0 spiro atoms. The van der Waals surface area contributed by atoms with Gasteiger partial charge in [-0.2, -0.15) is 0 Å². The van der Waals surface area contributed by atoms with Crippen LogP contribution in [0, 0.1) is 5.41 Å². The monoisotopic (exact) mass is 210 g/mol. The lowest BCUT2D eigenvalue weighted by Gasteiger charge is -2.19. The van der Waals surface area contributed by atoms with E-state index in [0.29, 0.717) is 6.61 Å². The SMILES string of the molecule is COP(=O)(OC)OCCC(C)(C)C. The average Bonchev–Trinajstić information content (AvgIpc) is 2.02. The molecule has 0 aromatic carbocycles. The first-order valence-electron chi connectivity index (χ1n) is 4.19. The van der Waals surface area contributed by atoms with Gasteiger partial charge in [0.25, 0.3) is 0 Å². The van der Waals surface area contributed by atoms with Crippen molar-refractivity contribution < 1.29 is 18.1 Å². The van der Waals surface area contributed by atoms with Gasteiger partial charge >= 0.3 is 7.82 Å². The highest BCUT2D eigenvalue weighted by atomic mass is 31.2. The van der Waals surface area contributed by atoms with Gasteiger partial charge in [-0.25, -0.2) is 4.57 Å². The predicted molar refractivity (Wildman–Crippen MR) is 51.6 cm³/mol. The van der Waals surface area contributed by atoms with Gasteiger partial charge in [-0.1, -0.05) is 20.8 Å². The third-order valence-corrected chi connectivity index (χ3v) is 2.94. The van der Waals surface area contributed by atoms with Crippen molar-refractivity contribution in [3.05, 3.63) is 0 Å². The third kappa shape index (κ3) is 6.22. The van der Waals surface area contributed by atoms with E-state index >= 15 is 0 Å². The van der Waals surface area contributed by atoms with Crippen molar-refractivity contribution in [2.75, 3.05) is 20.8 Å². The summed E-state index contributed by atoms with van der Waals surface area (Å²) >= 11 is 0. The van der Waals surface area contributed by atoms with Crippen molar-refractivity contribution in [2.24, 2.45) is 5.41 Å². The summed E-state index contributed by atoms with van der Waals surface area (Å²) in [6, 6.07) is 0. The van der Waals surface area contributed by atoms with Gasteiger partial charge in [0.1, 0.15) is 0 Å². The van der Waals surface area contributed by atoms with E-state index in [1.807, 2.05) is 0 Å². The maximum atomic E-state index is 11.4. The largest absolute Gasteiger partial charge is 0.474 e. The summed E-state index contributed by atoms with van der Waals surface area (Å²) in [5.41, 5.74) is 0.159. The average molecular weight is 210 g/mol. The number of hydrogen-bond donors (Lipinski definition) is 0. The Labute approximate surface area is 80.2 Å². The first kappa shape index (κ1) is 13.1. The van der Waals surface area contributed by atoms with E-state index < -0.39 is 7.82 Å². The minimum Gasteiger partial charge on any atom is -0.290 e. The summed E-state index contributed by atoms with van der Waals surface area (Å²) in [4.78, 5) is 0. The van der Waals surface area contributed by atoms with Crippen molar-refractivity contribution in [1.82, 2.24) is 0 Å². The fraction of sp³-hybridized carbons (Fsp3) is 1.00. The Morgan fingerprint density at radius 3 is 1.92 bits per heavy atom. The Bertz CT molecular complexity index is 177. The van der Waals surface area contributed by atoms with Gasteiger partial charge in [0.05, 0.1) is 6.61 Å². The zero-order valence-corrected chi connectivity index (χ0v) is 9.89. The highest BCUT2D eigenvalue weighted by Gasteiger charge is 2.23. The van der Waals surface area contributed by atoms with Crippen LogP contribution in [-0.4, -0.2) is 20.8 Å². The number of rotatable bonds is 5. The molecule has 0 fully saturated rings. The van der Waals surface area contributed by atoms with Gasteiger partial charge in [-0.3, -0.25) is 13.6 Å². The zero-order valence-electron chi connectivity index (χ0n) is 8.99. The molecule has 0 rings (SSSR count). The minimum atomic E-state index is -3.27. The van der Waals surface area contributed by atoms with Crippen LogP contribution in [0.1, 0.15) is 27.2 Å². The van der Waals surface area contributed by atoms with Crippen molar-refractivity contribution >= 4 is 7.82 Å². The van der Waals surface area contributed by atoms with Crippen LogP contribution in [0.4, 0.5) is 0 Å². The molecule has 0 saturated heterocycles. The Hall–Kier alpha value is 0.110. The van der Waals surface area contributed by atoms with Crippen LogP contribution in [0.5, 0.6) is 0 Å². The van der Waals surface area contributed by atoms with Crippen LogP contribution in [0.3, 0.4) is 0 Å². The fourth-order valence-electron chi connectivity index (χ4n) is 0.644. The molecule has 0 bridgehead atoms. The second-order valence-electron chi connectivity index (χ2n) is 3.96. The lowest BCUT2D eigenvalue weighted by Crippen LogP contribution is -2.09. The summed E-state index contributed by atoms with van der Waals surface area (Å²) in [5, 5.41) is 0. The standard InChI is InChI=1S/C8H19O4P/c1-8(2,3)6-7-12-13(9,10-4)11-5/h6-7H2,1-5H3. The number of phosphoric acid groups is 1. The number of phosphoric ester groups is 1. The molecule has 0 atom stereocenters. The third-order valence-electron chi connectivity index (χ3n) is 1.55. The van der Waals surface area contributed by atoms with Crippen LogP contribution in [0.25, 0.3) is 0 Å². The highest BCUT2D eigenvalue weighted by molar-refractivity contribution is 7.48. The van der Waals surface area contributed by atoms with E-state index in [2.05, 4.69) is 29.8 Å². The molecule has 0 aliphatic heterocycles. The Balaban J connectivity index is 3.82. The van der Waals surface area contributed by atoms with Crippen LogP contribution < -0.4 is 0 Å². The molecule has 0 saturated carbocycles. The second-order valence-corrected chi connectivity index (χ2v) is 5.84. The lowest BCUT2D eigenvalue weighted by atomic mass is 9.93. The fourth-order valence-corrected chi connectivity index (χ4v) is 1.32. The van der Waals surface area contributed by atoms with Crippen LogP contribution in [0.2, 0.25) is 0 Å². The summed E-state index contributed by atoms with van der Waals surface area (Å²) in [6.45, 7) is 6.63. The van der Waals surface area contributed by atoms with E-state index in [1.165, 1.54) is 14.2 Å². The van der Waals surface area contributed by atoms with Gasteiger partial charge in [0.2, 0.25) is 0 Å². The maximum absolute atomic E-state index is 11.4. The molecule has 80 valence electrons. The molecule has 0 radical (unpaired) electrons. The molecular formula is C8H19O4P. The Morgan fingerprint density at radius 1 is 1.15 bits per heavy atom. The topological polar surface area (TPSA) is 44.8 Å². The molecule has 4 nitrogen and oxygen atoms in total. The van der Waals surface area contributed by atoms with Crippen molar-refractivity contribution in [1.29, 1.82) is 0 Å². The number of hydrogen-bond acceptors (Lipinski definition) is 4. The molecule has 0 heterocycles. The Morgan fingerprint density at radius 2 is 1.62 bits per heavy atom. The van der Waals surface area contributed by atoms with Gasteiger partial charge in [0, 0.05) is 14.2 Å². The van der Waals surface area contributed by atoms with E-state index in [9.17, 15) is 4.57 Å². The molecule has 13 heavy (non-hydrogen) atoms. The molecular weight excluding hydrogens is 191 g/mol. The molecule has 5 heteroatoms. The quantitative estimate of drug-likeness (QED) is 0.654. The molecule has 0 aliphatic rings. The minimum absolute atomic E-state index is 0.159. The molecule has 0 aromatic rings. The van der Waals surface area contributed by atoms with Gasteiger partial charge in [-0.15, -0.1) is 0 Å². The highest BCUT2D eigenvalue weighted by Crippen LogP contribution is 2.47. The maximum Gasteiger partial charge on any atom is 0.474 e. The molecule has 0 unspecified atom stereocenters. The molecule has 0 aromatic heterocycles. The van der Waals surface area contributed by atoms with Gasteiger partial charge in [0.15, 0.2) is 0 Å². The summed E-state index contributed by atoms with van der Waals surface area (Å²) in [5.74, 6) is 0. The normalized spacial score (nSPS) is 13.3. The Kier molecular flexibility index (Phi) is 5.15. The molecule has 0 N–H and O–H groups in total. The van der Waals surface area contributed by atoms with E-state index in [4.69, 9.17) is 4.52 Å². The summed E-state index contributed by atoms with van der Waals surface area (Å²) in [6.07, 6.45) is 0.809. The van der Waals surface area contributed by atoms with Crippen LogP contribution >= 0.6 is 7.82 Å². The van der Waals surface area contributed by atoms with E-state index in [-0.39, 0.29) is 5.41 Å². The van der Waals surface area contributed by atoms with E-state index in [1.54, 1.807) is 0 Å². The van der Waals surface area contributed by atoms with Crippen LogP contribution in [0.15, 0.2) is 0 Å². The van der Waals surface area contributed by atoms with Crippen molar-refractivity contribution in [3.63, 3.8) is 0 Å². The van der Waals surface area contributed by atoms with Crippen molar-refractivity contribution in [3.8, 4) is 0 Å². The first-order chi connectivity index (χ1) is 5.83. The predicted octanol–water partition coefficient (Wildman–Crippen LogP) is 2.84. The second kappa shape index (κ2) is 5.11.